The Balaban J connectivity index is 2.35. The van der Waals surface area contributed by atoms with Crippen LogP contribution < -0.4 is 0 Å². The largest absolute Gasteiger partial charge is 0.288 e. The number of thioether (sulfide) groups is 1. The third-order valence-corrected chi connectivity index (χ3v) is 2.90. The van der Waals surface area contributed by atoms with Gasteiger partial charge >= 0.3 is 0 Å². The van der Waals surface area contributed by atoms with Gasteiger partial charge in [0.1, 0.15) is 0 Å². The van der Waals surface area contributed by atoms with Crippen LogP contribution in [0.2, 0.25) is 0 Å². The van der Waals surface area contributed by atoms with Gasteiger partial charge in [0.2, 0.25) is 0 Å². The second-order valence-electron chi connectivity index (χ2n) is 3.88. The minimum absolute atomic E-state index is 0.182. The van der Waals surface area contributed by atoms with Crippen molar-refractivity contribution in [2.24, 2.45) is 0 Å². The first kappa shape index (κ1) is 13.0. The molecule has 0 aliphatic heterocycles. The van der Waals surface area contributed by atoms with Crippen molar-refractivity contribution in [2.75, 3.05) is 5.75 Å². The first-order chi connectivity index (χ1) is 7.59. The highest BCUT2D eigenvalue weighted by Crippen LogP contribution is 2.08. The van der Waals surface area contributed by atoms with Crippen molar-refractivity contribution in [2.45, 2.75) is 33.2 Å². The van der Waals surface area contributed by atoms with Gasteiger partial charge in [-0.2, -0.15) is 5.10 Å². The minimum Gasteiger partial charge on any atom is -0.288 e. The quantitative estimate of drug-likeness (QED) is 0.739. The van der Waals surface area contributed by atoms with E-state index in [1.807, 2.05) is 23.2 Å². The molecular formula is C12H18N2OS. The van der Waals surface area contributed by atoms with Gasteiger partial charge in [0.15, 0.2) is 5.12 Å². The maximum Gasteiger partial charge on any atom is 0.185 e. The SMILES string of the molecule is CC(=O)SCCC=Cc1cnn(C(C)C)c1. The average molecular weight is 238 g/mol. The number of hydrogen-bond acceptors (Lipinski definition) is 3. The lowest BCUT2D eigenvalue weighted by Gasteiger charge is -2.02. The topological polar surface area (TPSA) is 34.9 Å². The van der Waals surface area contributed by atoms with Crippen LogP contribution >= 0.6 is 11.8 Å². The van der Waals surface area contributed by atoms with Crippen LogP contribution in [-0.4, -0.2) is 20.6 Å². The Bertz CT molecular complexity index is 369. The van der Waals surface area contributed by atoms with Crippen molar-refractivity contribution >= 4 is 23.0 Å². The molecule has 1 heterocycles. The zero-order valence-corrected chi connectivity index (χ0v) is 10.8. The number of carbonyl (C=O) groups excluding carboxylic acids is 1. The number of carbonyl (C=O) groups is 1. The molecule has 0 aliphatic carbocycles. The molecule has 0 amide bonds. The molecule has 0 bridgehead atoms. The fraction of sp³-hybridized carbons (Fsp3) is 0.500. The van der Waals surface area contributed by atoms with Gasteiger partial charge in [0.25, 0.3) is 0 Å². The molecular weight excluding hydrogens is 220 g/mol. The predicted octanol–water partition coefficient (Wildman–Crippen LogP) is 3.15. The summed E-state index contributed by atoms with van der Waals surface area (Å²) in [5.41, 5.74) is 1.11. The van der Waals surface area contributed by atoms with Crippen LogP contribution in [0.15, 0.2) is 18.5 Å². The second-order valence-corrected chi connectivity index (χ2v) is 5.15. The minimum atomic E-state index is 0.182. The molecule has 3 nitrogen and oxygen atoms in total. The predicted molar refractivity (Wildman–Crippen MR) is 69.4 cm³/mol. The van der Waals surface area contributed by atoms with Gasteiger partial charge in [-0.05, 0) is 20.3 Å². The number of nitrogens with zero attached hydrogens (tertiary/aromatic N) is 2. The molecule has 0 fully saturated rings. The van der Waals surface area contributed by atoms with Crippen LogP contribution in [0.4, 0.5) is 0 Å². The van der Waals surface area contributed by atoms with Gasteiger partial charge < -0.3 is 0 Å². The summed E-state index contributed by atoms with van der Waals surface area (Å²) in [4.78, 5) is 10.7. The van der Waals surface area contributed by atoms with Crippen LogP contribution in [0.1, 0.15) is 38.8 Å². The lowest BCUT2D eigenvalue weighted by atomic mass is 10.3. The molecule has 0 N–H and O–H groups in total. The van der Waals surface area contributed by atoms with Crippen LogP contribution in [0.25, 0.3) is 6.08 Å². The molecule has 0 unspecified atom stereocenters. The second kappa shape index (κ2) is 6.53. The molecule has 4 heteroatoms. The Morgan fingerprint density at radius 3 is 2.94 bits per heavy atom. The fourth-order valence-corrected chi connectivity index (χ4v) is 1.75. The monoisotopic (exact) mass is 238 g/mol. The van der Waals surface area contributed by atoms with Crippen molar-refractivity contribution in [1.29, 1.82) is 0 Å². The van der Waals surface area contributed by atoms with Gasteiger partial charge in [-0.3, -0.25) is 9.48 Å². The van der Waals surface area contributed by atoms with E-state index in [1.165, 1.54) is 11.8 Å². The molecule has 0 saturated carbocycles. The van der Waals surface area contributed by atoms with Crippen molar-refractivity contribution in [3.8, 4) is 0 Å². The summed E-state index contributed by atoms with van der Waals surface area (Å²) in [5.74, 6) is 0.851. The Labute approximate surface area is 101 Å². The maximum absolute atomic E-state index is 10.7. The van der Waals surface area contributed by atoms with E-state index >= 15 is 0 Å². The van der Waals surface area contributed by atoms with E-state index in [-0.39, 0.29) is 5.12 Å². The van der Waals surface area contributed by atoms with E-state index < -0.39 is 0 Å². The van der Waals surface area contributed by atoms with Gasteiger partial charge in [-0.1, -0.05) is 23.9 Å². The molecule has 1 aromatic rings. The van der Waals surface area contributed by atoms with Gasteiger partial charge in [-0.15, -0.1) is 0 Å². The van der Waals surface area contributed by atoms with Crippen LogP contribution in [0.5, 0.6) is 0 Å². The van der Waals surface area contributed by atoms with E-state index in [9.17, 15) is 4.79 Å². The van der Waals surface area contributed by atoms with E-state index in [1.54, 1.807) is 6.92 Å². The molecule has 16 heavy (non-hydrogen) atoms. The first-order valence-electron chi connectivity index (χ1n) is 5.43. The molecule has 1 aromatic heterocycles. The van der Waals surface area contributed by atoms with Gasteiger partial charge in [0.05, 0.1) is 6.20 Å². The zero-order valence-electron chi connectivity index (χ0n) is 10.0. The van der Waals surface area contributed by atoms with Crippen LogP contribution in [-0.2, 0) is 4.79 Å². The van der Waals surface area contributed by atoms with Crippen LogP contribution in [0.3, 0.4) is 0 Å². The highest BCUT2D eigenvalue weighted by Gasteiger charge is 1.98. The fourth-order valence-electron chi connectivity index (χ4n) is 1.21. The summed E-state index contributed by atoms with van der Waals surface area (Å²) in [7, 11) is 0. The lowest BCUT2D eigenvalue weighted by molar-refractivity contribution is -0.109. The van der Waals surface area contributed by atoms with Crippen LogP contribution in [0, 0.1) is 0 Å². The van der Waals surface area contributed by atoms with Crippen molar-refractivity contribution in [3.63, 3.8) is 0 Å². The molecule has 0 saturated heterocycles. The summed E-state index contributed by atoms with van der Waals surface area (Å²) < 4.78 is 1.93. The average Bonchev–Trinajstić information content (AvgIpc) is 2.65. The Kier molecular flexibility index (Phi) is 5.32. The Morgan fingerprint density at radius 1 is 1.62 bits per heavy atom. The highest BCUT2D eigenvalue weighted by molar-refractivity contribution is 8.13. The standard InChI is InChI=1S/C12H18N2OS/c1-10(2)14-9-12(8-13-14)6-4-5-7-16-11(3)15/h4,6,8-10H,5,7H2,1-3H3. The molecule has 0 aromatic carbocycles. The molecule has 0 atom stereocenters. The maximum atomic E-state index is 10.7. The smallest absolute Gasteiger partial charge is 0.185 e. The molecule has 1 rings (SSSR count). The number of allylic oxidation sites excluding steroid dienone is 1. The van der Waals surface area contributed by atoms with Gasteiger partial charge in [-0.25, -0.2) is 0 Å². The van der Waals surface area contributed by atoms with Crippen molar-refractivity contribution < 1.29 is 4.79 Å². The Hall–Kier alpha value is -1.03. The third kappa shape index (κ3) is 4.66. The number of aromatic nitrogens is 2. The van der Waals surface area contributed by atoms with Crippen molar-refractivity contribution in [3.05, 3.63) is 24.0 Å². The normalized spacial score (nSPS) is 11.5. The summed E-state index contributed by atoms with van der Waals surface area (Å²) >= 11 is 1.37. The third-order valence-electron chi connectivity index (χ3n) is 2.05. The van der Waals surface area contributed by atoms with Gasteiger partial charge in [0, 0.05) is 30.5 Å². The highest BCUT2D eigenvalue weighted by atomic mass is 32.2. The summed E-state index contributed by atoms with van der Waals surface area (Å²) in [6.45, 7) is 5.80. The zero-order chi connectivity index (χ0) is 12.0. The summed E-state index contributed by atoms with van der Waals surface area (Å²) in [6, 6.07) is 0.399. The lowest BCUT2D eigenvalue weighted by Crippen LogP contribution is -1.99. The van der Waals surface area contributed by atoms with E-state index in [4.69, 9.17) is 0 Å². The first-order valence-corrected chi connectivity index (χ1v) is 6.42. The summed E-state index contributed by atoms with van der Waals surface area (Å²) in [5, 5.41) is 4.43. The number of hydrogen-bond donors (Lipinski definition) is 0. The number of rotatable bonds is 5. The molecule has 0 aliphatic rings. The van der Waals surface area contributed by atoms with E-state index in [0.29, 0.717) is 6.04 Å². The molecule has 0 spiro atoms. The Morgan fingerprint density at radius 2 is 2.38 bits per heavy atom. The van der Waals surface area contributed by atoms with E-state index in [2.05, 4.69) is 25.0 Å². The summed E-state index contributed by atoms with van der Waals surface area (Å²) in [6.07, 6.45) is 8.93. The molecule has 88 valence electrons. The molecule has 0 radical (unpaired) electrons. The van der Waals surface area contributed by atoms with Crippen molar-refractivity contribution in [1.82, 2.24) is 9.78 Å². The van der Waals surface area contributed by atoms with E-state index in [0.717, 1.165) is 17.7 Å².